The zero-order valence-corrected chi connectivity index (χ0v) is 13.5. The summed E-state index contributed by atoms with van der Waals surface area (Å²) < 4.78 is 10.7. The number of aromatic nitrogens is 2. The molecule has 0 unspecified atom stereocenters. The Kier molecular flexibility index (Phi) is 5.77. The van der Waals surface area contributed by atoms with Crippen LogP contribution in [0.1, 0.15) is 25.5 Å². The second kappa shape index (κ2) is 7.35. The van der Waals surface area contributed by atoms with Gasteiger partial charge in [0.25, 0.3) is 0 Å². The molecule has 0 spiro atoms. The summed E-state index contributed by atoms with van der Waals surface area (Å²) in [6.07, 6.45) is 3.51. The molecule has 0 saturated carbocycles. The van der Waals surface area contributed by atoms with E-state index in [9.17, 15) is 0 Å². The summed E-state index contributed by atoms with van der Waals surface area (Å²) in [7, 11) is 0. The van der Waals surface area contributed by atoms with E-state index in [4.69, 9.17) is 7.80 Å². The topological polar surface area (TPSA) is 47.5 Å². The lowest BCUT2D eigenvalue weighted by Gasteiger charge is -2.38. The van der Waals surface area contributed by atoms with Crippen LogP contribution in [0, 0.1) is 5.92 Å². The Bertz CT molecular complexity index is 380. The van der Waals surface area contributed by atoms with E-state index in [1.807, 2.05) is 23.0 Å². The molecule has 2 rings (SSSR count). The van der Waals surface area contributed by atoms with Crippen molar-refractivity contribution in [1.29, 1.82) is 0 Å². The predicted molar refractivity (Wildman–Crippen MR) is 81.5 cm³/mol. The molecule has 1 aliphatic rings. The smallest absolute Gasteiger partial charge is 0.232 e. The maximum absolute atomic E-state index is 5.66. The van der Waals surface area contributed by atoms with Gasteiger partial charge in [-0.05, 0) is 5.92 Å². The van der Waals surface area contributed by atoms with E-state index in [2.05, 4.69) is 28.7 Å². The highest BCUT2D eigenvalue weighted by molar-refractivity contribution is 14.1. The number of hydrogen-bond donors (Lipinski definition) is 0. The Morgan fingerprint density at radius 2 is 2.16 bits per heavy atom. The average molecular weight is 377 g/mol. The molecule has 0 N–H and O–H groups in total. The minimum Gasteiger partial charge on any atom is -0.476 e. The van der Waals surface area contributed by atoms with Crippen molar-refractivity contribution in [3.05, 3.63) is 18.1 Å². The standard InChI is InChI=1S/C13H20IN3O2/c1-10(2)12-5-16-13(6-15-12)18-9-11-7-17(8-11)3-4-19-14/h5-6,10-11H,3-4,7-9H2,1-2H3. The molecule has 1 aromatic rings. The van der Waals surface area contributed by atoms with Gasteiger partial charge in [-0.15, -0.1) is 0 Å². The zero-order chi connectivity index (χ0) is 13.7. The third-order valence-corrected chi connectivity index (χ3v) is 3.66. The highest BCUT2D eigenvalue weighted by Crippen LogP contribution is 2.17. The first-order valence-corrected chi connectivity index (χ1v) is 7.47. The maximum atomic E-state index is 5.66. The molecule has 0 amide bonds. The summed E-state index contributed by atoms with van der Waals surface area (Å²) in [5.41, 5.74) is 1.00. The highest BCUT2D eigenvalue weighted by Gasteiger charge is 2.26. The number of halogens is 1. The van der Waals surface area contributed by atoms with E-state index in [1.54, 1.807) is 12.4 Å². The first-order chi connectivity index (χ1) is 9.19. The second-order valence-corrected chi connectivity index (χ2v) is 5.81. The van der Waals surface area contributed by atoms with Crippen LogP contribution in [0.3, 0.4) is 0 Å². The quantitative estimate of drug-likeness (QED) is 0.683. The lowest BCUT2D eigenvalue weighted by molar-refractivity contribution is 0.0538. The lowest BCUT2D eigenvalue weighted by atomic mass is 10.0. The van der Waals surface area contributed by atoms with Crippen LogP contribution in [-0.2, 0) is 3.07 Å². The molecule has 0 aromatic carbocycles. The normalized spacial score (nSPS) is 16.6. The Labute approximate surface area is 128 Å². The Morgan fingerprint density at radius 3 is 2.74 bits per heavy atom. The molecule has 6 heteroatoms. The van der Waals surface area contributed by atoms with Crippen LogP contribution >= 0.6 is 23.0 Å². The molecular formula is C13H20IN3O2. The van der Waals surface area contributed by atoms with Crippen molar-refractivity contribution in [2.24, 2.45) is 5.92 Å². The number of likely N-dealkylation sites (tertiary alicyclic amines) is 1. The molecule has 0 atom stereocenters. The fourth-order valence-corrected chi connectivity index (χ4v) is 2.23. The molecule has 1 saturated heterocycles. The van der Waals surface area contributed by atoms with Gasteiger partial charge in [0.05, 0.1) is 31.3 Å². The molecule has 1 aliphatic heterocycles. The zero-order valence-electron chi connectivity index (χ0n) is 11.4. The third kappa shape index (κ3) is 4.54. The van der Waals surface area contributed by atoms with Crippen molar-refractivity contribution < 1.29 is 7.80 Å². The number of ether oxygens (including phenoxy) is 1. The largest absolute Gasteiger partial charge is 0.476 e. The molecule has 5 nitrogen and oxygen atoms in total. The van der Waals surface area contributed by atoms with Crippen molar-refractivity contribution in [2.75, 3.05) is 32.8 Å². The van der Waals surface area contributed by atoms with E-state index in [0.29, 0.717) is 17.7 Å². The molecule has 0 aliphatic carbocycles. The molecule has 0 radical (unpaired) electrons. The fourth-order valence-electron chi connectivity index (χ4n) is 2.03. The van der Waals surface area contributed by atoms with Gasteiger partial charge < -0.3 is 12.7 Å². The monoisotopic (exact) mass is 377 g/mol. The van der Waals surface area contributed by atoms with Crippen LogP contribution in [0.4, 0.5) is 0 Å². The summed E-state index contributed by atoms with van der Waals surface area (Å²) in [4.78, 5) is 11.0. The van der Waals surface area contributed by atoms with Crippen molar-refractivity contribution in [3.8, 4) is 5.88 Å². The lowest BCUT2D eigenvalue weighted by Crippen LogP contribution is -2.50. The van der Waals surface area contributed by atoms with Gasteiger partial charge in [-0.3, -0.25) is 4.98 Å². The first-order valence-electron chi connectivity index (χ1n) is 6.59. The van der Waals surface area contributed by atoms with E-state index >= 15 is 0 Å². The summed E-state index contributed by atoms with van der Waals surface area (Å²) >= 11 is 1.93. The minimum atomic E-state index is 0.405. The number of hydrogen-bond acceptors (Lipinski definition) is 5. The molecule has 2 heterocycles. The van der Waals surface area contributed by atoms with Gasteiger partial charge in [-0.1, -0.05) is 13.8 Å². The maximum Gasteiger partial charge on any atom is 0.232 e. The average Bonchev–Trinajstić information content (AvgIpc) is 2.37. The van der Waals surface area contributed by atoms with Crippen molar-refractivity contribution in [2.45, 2.75) is 19.8 Å². The van der Waals surface area contributed by atoms with Crippen LogP contribution in [0.25, 0.3) is 0 Å². The first kappa shape index (κ1) is 14.9. The number of nitrogens with zero attached hydrogens (tertiary/aromatic N) is 3. The van der Waals surface area contributed by atoms with Crippen molar-refractivity contribution >= 4 is 23.0 Å². The van der Waals surface area contributed by atoms with Crippen LogP contribution in [-0.4, -0.2) is 47.7 Å². The van der Waals surface area contributed by atoms with Crippen LogP contribution in [0.5, 0.6) is 5.88 Å². The van der Waals surface area contributed by atoms with Crippen molar-refractivity contribution in [1.82, 2.24) is 14.9 Å². The van der Waals surface area contributed by atoms with Crippen molar-refractivity contribution in [3.63, 3.8) is 0 Å². The Morgan fingerprint density at radius 1 is 1.37 bits per heavy atom. The summed E-state index contributed by atoms with van der Waals surface area (Å²) in [5.74, 6) is 1.63. The molecule has 1 aromatic heterocycles. The van der Waals surface area contributed by atoms with Gasteiger partial charge in [0.15, 0.2) is 0 Å². The van der Waals surface area contributed by atoms with Crippen LogP contribution in [0.15, 0.2) is 12.4 Å². The van der Waals surface area contributed by atoms with Gasteiger partial charge in [0.2, 0.25) is 5.88 Å². The molecule has 1 fully saturated rings. The molecule has 106 valence electrons. The minimum absolute atomic E-state index is 0.405. The number of rotatable bonds is 7. The summed E-state index contributed by atoms with van der Waals surface area (Å²) in [6.45, 7) is 8.88. The summed E-state index contributed by atoms with van der Waals surface area (Å²) in [5, 5.41) is 0. The Hall–Kier alpha value is -0.470. The Balaban J connectivity index is 1.66. The van der Waals surface area contributed by atoms with E-state index in [-0.39, 0.29) is 0 Å². The highest BCUT2D eigenvalue weighted by atomic mass is 127. The molecule has 19 heavy (non-hydrogen) atoms. The van der Waals surface area contributed by atoms with Gasteiger partial charge in [0, 0.05) is 25.6 Å². The predicted octanol–water partition coefficient (Wildman–Crippen LogP) is 2.28. The van der Waals surface area contributed by atoms with E-state index < -0.39 is 0 Å². The van der Waals surface area contributed by atoms with Gasteiger partial charge in [0.1, 0.15) is 23.0 Å². The third-order valence-electron chi connectivity index (χ3n) is 3.22. The van der Waals surface area contributed by atoms with E-state index in [1.165, 1.54) is 0 Å². The van der Waals surface area contributed by atoms with Crippen LogP contribution < -0.4 is 4.74 Å². The van der Waals surface area contributed by atoms with Gasteiger partial charge in [-0.25, -0.2) is 4.98 Å². The van der Waals surface area contributed by atoms with Crippen LogP contribution in [0.2, 0.25) is 0 Å². The SMILES string of the molecule is CC(C)c1cnc(OCC2CN(CCOI)C2)cn1. The molecule has 0 bridgehead atoms. The van der Waals surface area contributed by atoms with Gasteiger partial charge in [-0.2, -0.15) is 0 Å². The van der Waals surface area contributed by atoms with E-state index in [0.717, 1.165) is 38.5 Å². The van der Waals surface area contributed by atoms with Gasteiger partial charge >= 0.3 is 0 Å². The summed E-state index contributed by atoms with van der Waals surface area (Å²) in [6, 6.07) is 0. The molecular weight excluding hydrogens is 357 g/mol. The fraction of sp³-hybridized carbons (Fsp3) is 0.692. The second-order valence-electron chi connectivity index (χ2n) is 5.18.